The Balaban J connectivity index is 1.47. The van der Waals surface area contributed by atoms with Crippen LogP contribution in [0.2, 0.25) is 0 Å². The number of H-pyrrole nitrogens is 2. The van der Waals surface area contributed by atoms with Gasteiger partial charge in [-0.15, -0.1) is 0 Å². The molecule has 0 saturated heterocycles. The highest BCUT2D eigenvalue weighted by Gasteiger charge is 2.24. The van der Waals surface area contributed by atoms with E-state index >= 15 is 0 Å². The zero-order valence-electron chi connectivity index (χ0n) is 12.9. The van der Waals surface area contributed by atoms with Crippen molar-refractivity contribution in [2.75, 3.05) is 0 Å². The lowest BCUT2D eigenvalue weighted by atomic mass is 9.93. The fraction of sp³-hybridized carbons (Fsp3) is 0.375. The quantitative estimate of drug-likeness (QED) is 0.775. The minimum atomic E-state index is -0.396. The van der Waals surface area contributed by atoms with Crippen molar-refractivity contribution < 1.29 is 9.53 Å². The summed E-state index contributed by atoms with van der Waals surface area (Å²) in [5.74, 6) is 0.220. The average molecular weight is 327 g/mol. The fourth-order valence-electron chi connectivity index (χ4n) is 2.73. The number of pyridine rings is 1. The number of carbonyl (C=O) groups is 1. The number of ether oxygens (including phenoxy) is 1. The number of imidazole rings is 1. The summed E-state index contributed by atoms with van der Waals surface area (Å²) < 4.78 is 5.81. The van der Waals surface area contributed by atoms with Crippen molar-refractivity contribution in [1.82, 2.24) is 20.3 Å². The molecular weight excluding hydrogens is 310 g/mol. The van der Waals surface area contributed by atoms with Gasteiger partial charge in [0.25, 0.3) is 5.91 Å². The molecule has 0 atom stereocenters. The standard InChI is InChI=1S/C16H17N5O3/c17-7-10-1-6-14(18-8-10)24-12-4-2-11(3-5-12)20-15(22)13-9-19-16(23)21-13/h1,6,8-9,11-12H,2-5H2,(H,20,22)(H2,19,21,23). The first-order valence-corrected chi connectivity index (χ1v) is 7.75. The van der Waals surface area contributed by atoms with Crippen molar-refractivity contribution in [3.8, 4) is 11.9 Å². The molecule has 8 nitrogen and oxygen atoms in total. The molecular formula is C16H17N5O3. The molecule has 2 heterocycles. The third-order valence-electron chi connectivity index (χ3n) is 4.00. The molecule has 3 rings (SSSR count). The van der Waals surface area contributed by atoms with E-state index in [0.717, 1.165) is 25.7 Å². The van der Waals surface area contributed by atoms with Crippen LogP contribution in [-0.2, 0) is 0 Å². The average Bonchev–Trinajstić information content (AvgIpc) is 3.04. The van der Waals surface area contributed by atoms with Gasteiger partial charge in [-0.05, 0) is 31.7 Å². The Labute approximate surface area is 137 Å². The van der Waals surface area contributed by atoms with E-state index in [1.165, 1.54) is 12.4 Å². The zero-order chi connectivity index (χ0) is 16.9. The molecule has 124 valence electrons. The highest BCUT2D eigenvalue weighted by molar-refractivity contribution is 5.92. The van der Waals surface area contributed by atoms with Crippen molar-refractivity contribution in [2.24, 2.45) is 0 Å². The number of carbonyl (C=O) groups excluding carboxylic acids is 1. The predicted octanol–water partition coefficient (Wildman–Crippen LogP) is 1.09. The molecule has 2 aromatic rings. The second kappa shape index (κ2) is 7.00. The molecule has 3 N–H and O–H groups in total. The Morgan fingerprint density at radius 3 is 2.71 bits per heavy atom. The van der Waals surface area contributed by atoms with Gasteiger partial charge in [0.1, 0.15) is 17.9 Å². The van der Waals surface area contributed by atoms with Crippen LogP contribution in [0.15, 0.2) is 29.3 Å². The molecule has 1 aliphatic rings. The maximum absolute atomic E-state index is 12.0. The lowest BCUT2D eigenvalue weighted by Crippen LogP contribution is -2.40. The molecule has 0 aliphatic heterocycles. The van der Waals surface area contributed by atoms with Crippen molar-refractivity contribution in [3.05, 3.63) is 46.3 Å². The number of nitrogens with zero attached hydrogens (tertiary/aromatic N) is 2. The van der Waals surface area contributed by atoms with E-state index in [4.69, 9.17) is 10.00 Å². The van der Waals surface area contributed by atoms with Crippen molar-refractivity contribution in [1.29, 1.82) is 5.26 Å². The summed E-state index contributed by atoms with van der Waals surface area (Å²) in [6, 6.07) is 5.44. The number of amides is 1. The minimum absolute atomic E-state index is 0.0469. The van der Waals surface area contributed by atoms with Crippen molar-refractivity contribution in [2.45, 2.75) is 37.8 Å². The number of rotatable bonds is 4. The first kappa shape index (κ1) is 15.8. The van der Waals surface area contributed by atoms with Gasteiger partial charge in [-0.25, -0.2) is 9.78 Å². The normalized spacial score (nSPS) is 20.1. The van der Waals surface area contributed by atoms with Gasteiger partial charge in [-0.3, -0.25) is 4.79 Å². The van der Waals surface area contributed by atoms with Gasteiger partial charge >= 0.3 is 5.69 Å². The zero-order valence-corrected chi connectivity index (χ0v) is 12.9. The SMILES string of the molecule is N#Cc1ccc(OC2CCC(NC(=O)c3c[nH]c(=O)[nH]3)CC2)nc1. The third kappa shape index (κ3) is 3.81. The number of nitriles is 1. The van der Waals surface area contributed by atoms with Gasteiger partial charge < -0.3 is 20.0 Å². The highest BCUT2D eigenvalue weighted by atomic mass is 16.5. The molecule has 0 aromatic carbocycles. The van der Waals surface area contributed by atoms with Crippen molar-refractivity contribution in [3.63, 3.8) is 0 Å². The van der Waals surface area contributed by atoms with E-state index in [0.29, 0.717) is 11.4 Å². The Kier molecular flexibility index (Phi) is 4.61. The van der Waals surface area contributed by atoms with E-state index in [9.17, 15) is 9.59 Å². The largest absolute Gasteiger partial charge is 0.474 e. The molecule has 1 amide bonds. The van der Waals surface area contributed by atoms with Crippen LogP contribution in [0, 0.1) is 11.3 Å². The van der Waals surface area contributed by atoms with Crippen LogP contribution in [0.4, 0.5) is 0 Å². The van der Waals surface area contributed by atoms with Gasteiger partial charge in [0, 0.05) is 24.5 Å². The molecule has 0 radical (unpaired) electrons. The topological polar surface area (TPSA) is 124 Å². The van der Waals surface area contributed by atoms with Gasteiger partial charge in [0.05, 0.1) is 5.56 Å². The summed E-state index contributed by atoms with van der Waals surface area (Å²) in [4.78, 5) is 32.0. The predicted molar refractivity (Wildman–Crippen MR) is 84.5 cm³/mol. The van der Waals surface area contributed by atoms with E-state index in [1.807, 2.05) is 6.07 Å². The van der Waals surface area contributed by atoms with Crippen LogP contribution in [0.25, 0.3) is 0 Å². The van der Waals surface area contributed by atoms with Crippen LogP contribution < -0.4 is 15.7 Å². The van der Waals surface area contributed by atoms with Gasteiger partial charge in [-0.2, -0.15) is 5.26 Å². The first-order chi connectivity index (χ1) is 11.6. The maximum atomic E-state index is 12.0. The first-order valence-electron chi connectivity index (χ1n) is 7.75. The summed E-state index contributed by atoms with van der Waals surface area (Å²) in [5.41, 5.74) is 0.337. The number of nitrogens with one attached hydrogen (secondary N) is 3. The molecule has 1 aliphatic carbocycles. The molecule has 1 saturated carbocycles. The molecule has 0 unspecified atom stereocenters. The van der Waals surface area contributed by atoms with Crippen LogP contribution in [0.3, 0.4) is 0 Å². The fourth-order valence-corrected chi connectivity index (χ4v) is 2.73. The smallest absolute Gasteiger partial charge is 0.323 e. The number of aromatic nitrogens is 3. The Hall–Kier alpha value is -3.08. The lowest BCUT2D eigenvalue weighted by molar-refractivity contribution is 0.0885. The van der Waals surface area contributed by atoms with E-state index < -0.39 is 5.69 Å². The van der Waals surface area contributed by atoms with Crippen LogP contribution >= 0.6 is 0 Å². The van der Waals surface area contributed by atoms with Crippen LogP contribution in [0.1, 0.15) is 41.7 Å². The molecule has 2 aromatic heterocycles. The third-order valence-corrected chi connectivity index (χ3v) is 4.00. The van der Waals surface area contributed by atoms with E-state index in [2.05, 4.69) is 20.3 Å². The highest BCUT2D eigenvalue weighted by Crippen LogP contribution is 2.23. The van der Waals surface area contributed by atoms with Crippen molar-refractivity contribution >= 4 is 5.91 Å². The second-order valence-electron chi connectivity index (χ2n) is 5.72. The second-order valence-corrected chi connectivity index (χ2v) is 5.72. The monoisotopic (exact) mass is 327 g/mol. The molecule has 8 heteroatoms. The van der Waals surface area contributed by atoms with Gasteiger partial charge in [-0.1, -0.05) is 0 Å². The summed E-state index contributed by atoms with van der Waals surface area (Å²) in [6.45, 7) is 0. The Morgan fingerprint density at radius 1 is 1.33 bits per heavy atom. The van der Waals surface area contributed by atoms with Crippen LogP contribution in [0.5, 0.6) is 5.88 Å². The molecule has 1 fully saturated rings. The summed E-state index contributed by atoms with van der Waals surface area (Å²) >= 11 is 0. The van der Waals surface area contributed by atoms with E-state index in [-0.39, 0.29) is 23.7 Å². The Morgan fingerprint density at radius 2 is 2.12 bits per heavy atom. The molecule has 24 heavy (non-hydrogen) atoms. The minimum Gasteiger partial charge on any atom is -0.474 e. The lowest BCUT2D eigenvalue weighted by Gasteiger charge is -2.29. The summed E-state index contributed by atoms with van der Waals surface area (Å²) in [7, 11) is 0. The Bertz CT molecular complexity index is 794. The summed E-state index contributed by atoms with van der Waals surface area (Å²) in [5, 5.41) is 11.7. The van der Waals surface area contributed by atoms with Gasteiger partial charge in [0.15, 0.2) is 0 Å². The maximum Gasteiger partial charge on any atom is 0.323 e. The number of aromatic amines is 2. The van der Waals surface area contributed by atoms with Gasteiger partial charge in [0.2, 0.25) is 5.88 Å². The molecule has 0 bridgehead atoms. The molecule has 0 spiro atoms. The summed E-state index contributed by atoms with van der Waals surface area (Å²) in [6.07, 6.45) is 6.09. The van der Waals surface area contributed by atoms with E-state index in [1.54, 1.807) is 12.1 Å². The number of hydrogen-bond donors (Lipinski definition) is 3. The van der Waals surface area contributed by atoms with Crippen LogP contribution in [-0.4, -0.2) is 33.0 Å². The number of hydrogen-bond acceptors (Lipinski definition) is 5.